The van der Waals surface area contributed by atoms with Gasteiger partial charge in [0.15, 0.2) is 0 Å². The number of rotatable bonds is 3. The Balaban J connectivity index is 0.000000982. The Kier molecular flexibility index (Phi) is 8.03. The molecule has 110 valence electrons. The molecular formula is C13H23NO5. The van der Waals surface area contributed by atoms with Crippen LogP contribution in [0.15, 0.2) is 0 Å². The first kappa shape index (κ1) is 17.6. The van der Waals surface area contributed by atoms with Crippen LogP contribution in [0.4, 0.5) is 4.79 Å². The Morgan fingerprint density at radius 2 is 1.95 bits per heavy atom. The zero-order valence-corrected chi connectivity index (χ0v) is 12.1. The van der Waals surface area contributed by atoms with Gasteiger partial charge in [0.25, 0.3) is 0 Å². The van der Waals surface area contributed by atoms with Gasteiger partial charge in [0, 0.05) is 13.2 Å². The molecule has 0 unspecified atom stereocenters. The second-order valence-corrected chi connectivity index (χ2v) is 5.29. The van der Waals surface area contributed by atoms with Crippen LogP contribution in [0, 0.1) is 0 Å². The second-order valence-electron chi connectivity index (χ2n) is 5.29. The largest absolute Gasteiger partial charge is 0.444 e. The van der Waals surface area contributed by atoms with Gasteiger partial charge in [0.2, 0.25) is 0 Å². The van der Waals surface area contributed by atoms with E-state index in [1.54, 1.807) is 4.90 Å². The summed E-state index contributed by atoms with van der Waals surface area (Å²) in [4.78, 5) is 29.7. The molecular weight excluding hydrogens is 250 g/mol. The Morgan fingerprint density at radius 1 is 1.37 bits per heavy atom. The molecule has 1 aliphatic rings. The first-order chi connectivity index (χ1) is 8.84. The maximum atomic E-state index is 11.7. The average molecular weight is 273 g/mol. The van der Waals surface area contributed by atoms with Gasteiger partial charge in [-0.2, -0.15) is 9.59 Å². The number of hydrogen-bond donors (Lipinski definition) is 0. The Hall–Kier alpha value is -1.39. The molecule has 0 N–H and O–H groups in total. The maximum absolute atomic E-state index is 11.7. The predicted octanol–water partition coefficient (Wildman–Crippen LogP) is 1.84. The van der Waals surface area contributed by atoms with Crippen molar-refractivity contribution in [2.45, 2.75) is 52.2 Å². The minimum absolute atomic E-state index is 0.187. The lowest BCUT2D eigenvalue weighted by molar-refractivity contribution is -0.191. The summed E-state index contributed by atoms with van der Waals surface area (Å²) in [6, 6.07) is 0. The van der Waals surface area contributed by atoms with E-state index in [0.717, 1.165) is 26.0 Å². The smallest absolute Gasteiger partial charge is 0.410 e. The molecule has 6 heteroatoms. The summed E-state index contributed by atoms with van der Waals surface area (Å²) in [5.41, 5.74) is -0.417. The summed E-state index contributed by atoms with van der Waals surface area (Å²) in [5, 5.41) is 0. The molecule has 0 radical (unpaired) electrons. The lowest BCUT2D eigenvalue weighted by atomic mass is 10.2. The summed E-state index contributed by atoms with van der Waals surface area (Å²) >= 11 is 0. The third kappa shape index (κ3) is 8.35. The molecule has 0 spiro atoms. The van der Waals surface area contributed by atoms with Crippen molar-refractivity contribution in [2.75, 3.05) is 19.7 Å². The van der Waals surface area contributed by atoms with E-state index >= 15 is 0 Å². The van der Waals surface area contributed by atoms with Gasteiger partial charge in [-0.05, 0) is 33.6 Å². The van der Waals surface area contributed by atoms with Crippen molar-refractivity contribution < 1.29 is 23.9 Å². The fraction of sp³-hybridized carbons (Fsp3) is 0.846. The van der Waals surface area contributed by atoms with E-state index in [1.165, 1.54) is 0 Å². The molecule has 0 saturated carbocycles. The van der Waals surface area contributed by atoms with Gasteiger partial charge in [-0.3, -0.25) is 0 Å². The van der Waals surface area contributed by atoms with Gasteiger partial charge in [0.1, 0.15) is 5.60 Å². The molecule has 1 aliphatic heterocycles. The van der Waals surface area contributed by atoms with E-state index in [-0.39, 0.29) is 18.3 Å². The Bertz CT molecular complexity index is 305. The molecule has 0 aromatic rings. The number of carbonyl (C=O) groups is 1. The molecule has 1 rings (SSSR count). The molecule has 1 fully saturated rings. The fourth-order valence-corrected chi connectivity index (χ4v) is 1.64. The van der Waals surface area contributed by atoms with E-state index in [2.05, 4.69) is 6.92 Å². The van der Waals surface area contributed by atoms with Crippen LogP contribution in [0.25, 0.3) is 0 Å². The van der Waals surface area contributed by atoms with Crippen molar-refractivity contribution in [1.29, 1.82) is 0 Å². The third-order valence-corrected chi connectivity index (χ3v) is 2.35. The monoisotopic (exact) mass is 273 g/mol. The number of amides is 1. The van der Waals surface area contributed by atoms with Crippen molar-refractivity contribution in [1.82, 2.24) is 4.90 Å². The van der Waals surface area contributed by atoms with Crippen LogP contribution in [0.5, 0.6) is 0 Å². The van der Waals surface area contributed by atoms with Crippen LogP contribution in [0.1, 0.15) is 40.5 Å². The molecule has 19 heavy (non-hydrogen) atoms. The first-order valence-corrected chi connectivity index (χ1v) is 6.42. The Morgan fingerprint density at radius 3 is 2.42 bits per heavy atom. The minimum Gasteiger partial charge on any atom is -0.444 e. The number of nitrogens with zero attached hydrogens (tertiary/aromatic N) is 1. The van der Waals surface area contributed by atoms with E-state index in [0.29, 0.717) is 6.54 Å². The summed E-state index contributed by atoms with van der Waals surface area (Å²) in [6.45, 7) is 9.90. The second kappa shape index (κ2) is 8.67. The highest BCUT2D eigenvalue weighted by Crippen LogP contribution is 2.17. The van der Waals surface area contributed by atoms with Gasteiger partial charge in [-0.15, -0.1) is 0 Å². The average Bonchev–Trinajstić information content (AvgIpc) is 2.73. The normalized spacial score (nSPS) is 18.3. The third-order valence-electron chi connectivity index (χ3n) is 2.35. The zero-order chi connectivity index (χ0) is 14.9. The predicted molar refractivity (Wildman–Crippen MR) is 67.5 cm³/mol. The van der Waals surface area contributed by atoms with Crippen molar-refractivity contribution in [3.8, 4) is 0 Å². The number of likely N-dealkylation sites (tertiary alicyclic amines) is 1. The minimum atomic E-state index is -0.417. The molecule has 1 heterocycles. The molecule has 1 saturated heterocycles. The van der Waals surface area contributed by atoms with Crippen molar-refractivity contribution in [3.05, 3.63) is 0 Å². The van der Waals surface area contributed by atoms with E-state index in [4.69, 9.17) is 19.1 Å². The number of carbonyl (C=O) groups excluding carboxylic acids is 3. The lowest BCUT2D eigenvalue weighted by Crippen LogP contribution is -2.36. The van der Waals surface area contributed by atoms with Gasteiger partial charge in [0.05, 0.1) is 12.6 Å². The van der Waals surface area contributed by atoms with Crippen LogP contribution >= 0.6 is 0 Å². The lowest BCUT2D eigenvalue weighted by Gasteiger charge is -2.24. The van der Waals surface area contributed by atoms with Crippen LogP contribution in [0.2, 0.25) is 0 Å². The van der Waals surface area contributed by atoms with Gasteiger partial charge in [-0.25, -0.2) is 4.79 Å². The van der Waals surface area contributed by atoms with Gasteiger partial charge in [-0.1, -0.05) is 6.92 Å². The molecule has 0 aliphatic carbocycles. The highest BCUT2D eigenvalue weighted by molar-refractivity contribution is 5.68. The standard InChI is InChI=1S/C12H23NO3.CO2/c1-5-8-15-10-6-7-13(9-10)11(14)16-12(2,3)4;2-1-3/h10H,5-9H2,1-4H3;/t10-;/m1./s1. The molecule has 0 aromatic heterocycles. The van der Waals surface area contributed by atoms with E-state index in [9.17, 15) is 4.79 Å². The molecule has 0 aromatic carbocycles. The van der Waals surface area contributed by atoms with Crippen LogP contribution in [-0.2, 0) is 19.1 Å². The molecule has 0 bridgehead atoms. The topological polar surface area (TPSA) is 72.9 Å². The van der Waals surface area contributed by atoms with E-state index < -0.39 is 5.60 Å². The fourth-order valence-electron chi connectivity index (χ4n) is 1.64. The van der Waals surface area contributed by atoms with Gasteiger partial charge >= 0.3 is 12.2 Å². The highest BCUT2D eigenvalue weighted by Gasteiger charge is 2.29. The summed E-state index contributed by atoms with van der Waals surface area (Å²) < 4.78 is 10.9. The summed E-state index contributed by atoms with van der Waals surface area (Å²) in [6.07, 6.45) is 2.14. The SMILES string of the molecule is CCCO[C@@H]1CCN(C(=O)OC(C)(C)C)C1.O=C=O. The zero-order valence-electron chi connectivity index (χ0n) is 12.1. The van der Waals surface area contributed by atoms with Crippen LogP contribution in [0.3, 0.4) is 0 Å². The van der Waals surface area contributed by atoms with Crippen molar-refractivity contribution >= 4 is 12.2 Å². The maximum Gasteiger partial charge on any atom is 0.410 e. The first-order valence-electron chi connectivity index (χ1n) is 6.42. The molecule has 6 nitrogen and oxygen atoms in total. The quantitative estimate of drug-likeness (QED) is 0.784. The van der Waals surface area contributed by atoms with Crippen LogP contribution < -0.4 is 0 Å². The van der Waals surface area contributed by atoms with Crippen molar-refractivity contribution in [3.63, 3.8) is 0 Å². The summed E-state index contributed by atoms with van der Waals surface area (Å²) in [5.74, 6) is 0. The molecule has 1 atom stereocenters. The Labute approximate surface area is 114 Å². The highest BCUT2D eigenvalue weighted by atomic mass is 16.6. The van der Waals surface area contributed by atoms with Crippen LogP contribution in [-0.4, -0.2) is 48.5 Å². The van der Waals surface area contributed by atoms with Crippen molar-refractivity contribution in [2.24, 2.45) is 0 Å². The molecule has 1 amide bonds. The number of hydrogen-bond acceptors (Lipinski definition) is 5. The summed E-state index contributed by atoms with van der Waals surface area (Å²) in [7, 11) is 0. The van der Waals surface area contributed by atoms with E-state index in [1.807, 2.05) is 20.8 Å². The van der Waals surface area contributed by atoms with Gasteiger partial charge < -0.3 is 14.4 Å². The number of ether oxygens (including phenoxy) is 2.